The molecule has 0 aliphatic rings. The van der Waals surface area contributed by atoms with E-state index in [1.807, 2.05) is 13.8 Å². The van der Waals surface area contributed by atoms with Crippen LogP contribution in [0, 0.1) is 5.82 Å². The fraction of sp³-hybridized carbons (Fsp3) is 0.250. The lowest BCUT2D eigenvalue weighted by Gasteiger charge is -2.14. The number of hydrogen-bond donors (Lipinski definition) is 2. The number of sulfonamides is 1. The molecule has 2 aromatic rings. The normalized spacial score (nSPS) is 11.8. The first-order valence-electron chi connectivity index (χ1n) is 5.93. The Hall–Kier alpha value is -2.09. The minimum atomic E-state index is -4.11. The van der Waals surface area contributed by atoms with Crippen molar-refractivity contribution >= 4 is 21.5 Å². The van der Waals surface area contributed by atoms with Gasteiger partial charge in [-0.05, 0) is 26.0 Å². The fourth-order valence-corrected chi connectivity index (χ4v) is 3.05. The van der Waals surface area contributed by atoms with E-state index in [-0.39, 0.29) is 17.5 Å². The molecule has 20 heavy (non-hydrogen) atoms. The molecule has 0 spiro atoms. The highest BCUT2D eigenvalue weighted by atomic mass is 32.2. The number of nitrogens with one attached hydrogen (secondary N) is 1. The van der Waals surface area contributed by atoms with Gasteiger partial charge in [0, 0.05) is 12.1 Å². The van der Waals surface area contributed by atoms with Crippen LogP contribution in [0.3, 0.4) is 0 Å². The highest BCUT2D eigenvalue weighted by Gasteiger charge is 2.23. The molecule has 0 saturated carbocycles. The van der Waals surface area contributed by atoms with Crippen molar-refractivity contribution in [3.05, 3.63) is 36.3 Å². The predicted molar refractivity (Wildman–Crippen MR) is 74.2 cm³/mol. The second-order valence-electron chi connectivity index (χ2n) is 4.52. The van der Waals surface area contributed by atoms with Gasteiger partial charge >= 0.3 is 0 Å². The first-order chi connectivity index (χ1) is 9.33. The third kappa shape index (κ3) is 2.60. The van der Waals surface area contributed by atoms with E-state index in [2.05, 4.69) is 9.82 Å². The Kier molecular flexibility index (Phi) is 3.67. The molecule has 108 valence electrons. The zero-order chi connectivity index (χ0) is 14.9. The minimum absolute atomic E-state index is 0.0410. The average molecular weight is 298 g/mol. The highest BCUT2D eigenvalue weighted by Crippen LogP contribution is 2.25. The molecule has 0 radical (unpaired) electrons. The molecule has 8 heteroatoms. The molecule has 3 N–H and O–H groups in total. The molecular formula is C12H15FN4O2S. The minimum Gasteiger partial charge on any atom is -0.398 e. The van der Waals surface area contributed by atoms with Gasteiger partial charge in [0.15, 0.2) is 0 Å². The lowest BCUT2D eigenvalue weighted by molar-refractivity contribution is 0.538. The van der Waals surface area contributed by atoms with Gasteiger partial charge in [-0.3, -0.25) is 4.72 Å². The lowest BCUT2D eigenvalue weighted by Crippen LogP contribution is -2.19. The van der Waals surface area contributed by atoms with Crippen LogP contribution in [0.1, 0.15) is 19.9 Å². The average Bonchev–Trinajstić information content (AvgIpc) is 2.75. The monoisotopic (exact) mass is 298 g/mol. The largest absolute Gasteiger partial charge is 0.398 e. The van der Waals surface area contributed by atoms with Crippen molar-refractivity contribution < 1.29 is 12.8 Å². The van der Waals surface area contributed by atoms with E-state index in [9.17, 15) is 12.8 Å². The summed E-state index contributed by atoms with van der Waals surface area (Å²) in [5, 5.41) is 4.00. The summed E-state index contributed by atoms with van der Waals surface area (Å²) in [6.07, 6.45) is 1.46. The molecule has 6 nitrogen and oxygen atoms in total. The van der Waals surface area contributed by atoms with Crippen LogP contribution < -0.4 is 10.5 Å². The van der Waals surface area contributed by atoms with Gasteiger partial charge in [-0.2, -0.15) is 5.10 Å². The third-order valence-corrected chi connectivity index (χ3v) is 4.11. The van der Waals surface area contributed by atoms with E-state index < -0.39 is 20.7 Å². The highest BCUT2D eigenvalue weighted by molar-refractivity contribution is 7.92. The summed E-state index contributed by atoms with van der Waals surface area (Å²) < 4.78 is 42.0. The number of benzene rings is 1. The maximum absolute atomic E-state index is 13.7. The Balaban J connectivity index is 2.44. The van der Waals surface area contributed by atoms with Crippen LogP contribution in [0.2, 0.25) is 0 Å². The number of hydrogen-bond acceptors (Lipinski definition) is 4. The zero-order valence-corrected chi connectivity index (χ0v) is 11.9. The number of nitrogens with two attached hydrogens (primary N) is 1. The van der Waals surface area contributed by atoms with Gasteiger partial charge in [-0.1, -0.05) is 6.07 Å². The van der Waals surface area contributed by atoms with Gasteiger partial charge < -0.3 is 5.73 Å². The van der Waals surface area contributed by atoms with E-state index >= 15 is 0 Å². The van der Waals surface area contributed by atoms with E-state index in [0.29, 0.717) is 0 Å². The molecule has 2 rings (SSSR count). The molecule has 0 bridgehead atoms. The molecule has 0 aliphatic heterocycles. The fourth-order valence-electron chi connectivity index (χ4n) is 1.80. The maximum atomic E-state index is 13.7. The van der Waals surface area contributed by atoms with E-state index in [0.717, 1.165) is 6.07 Å². The second kappa shape index (κ2) is 5.12. The summed E-state index contributed by atoms with van der Waals surface area (Å²) in [5.74, 6) is -0.643. The Morgan fingerprint density at radius 1 is 1.35 bits per heavy atom. The van der Waals surface area contributed by atoms with Gasteiger partial charge in [0.25, 0.3) is 10.0 Å². The maximum Gasteiger partial charge on any atom is 0.268 e. The molecule has 1 aromatic carbocycles. The summed E-state index contributed by atoms with van der Waals surface area (Å²) in [6.45, 7) is 3.70. The number of halogens is 1. The molecule has 0 saturated heterocycles. The van der Waals surface area contributed by atoms with E-state index in [1.165, 1.54) is 29.1 Å². The molecule has 0 aliphatic carbocycles. The number of aromatic nitrogens is 2. The van der Waals surface area contributed by atoms with Crippen LogP contribution in [0.25, 0.3) is 0 Å². The van der Waals surface area contributed by atoms with Crippen molar-refractivity contribution in [3.8, 4) is 0 Å². The first kappa shape index (κ1) is 14.3. The summed E-state index contributed by atoms with van der Waals surface area (Å²) in [4.78, 5) is -0.559. The van der Waals surface area contributed by atoms with Gasteiger partial charge in [0.1, 0.15) is 16.5 Å². The Labute approximate surface area is 116 Å². The number of anilines is 2. The molecule has 0 unspecified atom stereocenters. The van der Waals surface area contributed by atoms with Crippen LogP contribution in [0.5, 0.6) is 0 Å². The van der Waals surface area contributed by atoms with Crippen LogP contribution in [0.15, 0.2) is 35.4 Å². The van der Waals surface area contributed by atoms with Crippen LogP contribution in [-0.4, -0.2) is 18.2 Å². The first-order valence-corrected chi connectivity index (χ1v) is 7.41. The van der Waals surface area contributed by atoms with Crippen LogP contribution >= 0.6 is 0 Å². The summed E-state index contributed by atoms with van der Waals surface area (Å²) in [7, 11) is -4.11. The number of rotatable bonds is 4. The van der Waals surface area contributed by atoms with E-state index in [1.54, 1.807) is 0 Å². The number of nitrogens with zero attached hydrogens (tertiary/aromatic N) is 2. The predicted octanol–water partition coefficient (Wildman–Crippen LogP) is 1.99. The number of nitrogen functional groups attached to an aromatic ring is 1. The smallest absolute Gasteiger partial charge is 0.268 e. The van der Waals surface area contributed by atoms with Gasteiger partial charge in [0.05, 0.1) is 11.9 Å². The van der Waals surface area contributed by atoms with Crippen molar-refractivity contribution in [1.29, 1.82) is 0 Å². The molecule has 1 heterocycles. The summed E-state index contributed by atoms with van der Waals surface area (Å²) >= 11 is 0. The standard InChI is InChI=1S/C12H15FN4O2S/c1-8(2)17-11(6-7-15-17)16-20(18,19)12-9(13)4-3-5-10(12)14/h3-8,16H,14H2,1-2H3. The third-order valence-electron chi connectivity index (χ3n) is 2.66. The van der Waals surface area contributed by atoms with Gasteiger partial charge in [0.2, 0.25) is 0 Å². The van der Waals surface area contributed by atoms with Gasteiger partial charge in [-0.25, -0.2) is 17.5 Å². The zero-order valence-electron chi connectivity index (χ0n) is 11.0. The topological polar surface area (TPSA) is 90.0 Å². The molecule has 0 amide bonds. The second-order valence-corrected chi connectivity index (χ2v) is 6.14. The van der Waals surface area contributed by atoms with Crippen molar-refractivity contribution in [1.82, 2.24) is 9.78 Å². The van der Waals surface area contributed by atoms with Crippen molar-refractivity contribution in [2.24, 2.45) is 0 Å². The molecular weight excluding hydrogens is 283 g/mol. The van der Waals surface area contributed by atoms with E-state index in [4.69, 9.17) is 5.73 Å². The van der Waals surface area contributed by atoms with Crippen molar-refractivity contribution in [2.45, 2.75) is 24.8 Å². The van der Waals surface area contributed by atoms with Crippen molar-refractivity contribution in [3.63, 3.8) is 0 Å². The van der Waals surface area contributed by atoms with Gasteiger partial charge in [-0.15, -0.1) is 0 Å². The van der Waals surface area contributed by atoms with Crippen LogP contribution in [0.4, 0.5) is 15.9 Å². The molecule has 1 aromatic heterocycles. The molecule has 0 atom stereocenters. The summed E-state index contributed by atoms with van der Waals surface area (Å²) in [5.41, 5.74) is 5.41. The summed E-state index contributed by atoms with van der Waals surface area (Å²) in [6, 6.07) is 5.18. The Morgan fingerprint density at radius 3 is 2.65 bits per heavy atom. The molecule has 0 fully saturated rings. The SMILES string of the molecule is CC(C)n1nccc1NS(=O)(=O)c1c(N)cccc1F. The van der Waals surface area contributed by atoms with Crippen molar-refractivity contribution in [2.75, 3.05) is 10.5 Å². The quantitative estimate of drug-likeness (QED) is 0.845. The Bertz CT molecular complexity index is 705. The Morgan fingerprint density at radius 2 is 2.05 bits per heavy atom. The lowest BCUT2D eigenvalue weighted by atomic mass is 10.3. The van der Waals surface area contributed by atoms with Crippen LogP contribution in [-0.2, 0) is 10.0 Å².